The Kier molecular flexibility index (Phi) is 3.49. The van der Waals surface area contributed by atoms with E-state index in [-0.39, 0.29) is 12.0 Å². The number of carbonyl (C=O) groups is 1. The lowest BCUT2D eigenvalue weighted by Gasteiger charge is -2.12. The van der Waals surface area contributed by atoms with Crippen LogP contribution in [0.25, 0.3) is 0 Å². The van der Waals surface area contributed by atoms with Gasteiger partial charge in [0.15, 0.2) is 0 Å². The molecule has 0 bridgehead atoms. The molecule has 1 aromatic carbocycles. The molecule has 1 aromatic rings. The molecule has 1 atom stereocenters. The van der Waals surface area contributed by atoms with Crippen LogP contribution < -0.4 is 15.8 Å². The molecule has 5 heteroatoms. The van der Waals surface area contributed by atoms with Crippen LogP contribution in [0.2, 0.25) is 0 Å². The average molecular weight is 236 g/mol. The molecule has 1 saturated heterocycles. The predicted octanol–water partition coefficient (Wildman–Crippen LogP) is 1.39. The van der Waals surface area contributed by atoms with Gasteiger partial charge in [0.05, 0.1) is 12.8 Å². The van der Waals surface area contributed by atoms with Crippen LogP contribution in [0.3, 0.4) is 0 Å². The highest BCUT2D eigenvalue weighted by Crippen LogP contribution is 2.25. The van der Waals surface area contributed by atoms with Gasteiger partial charge < -0.3 is 20.5 Å². The van der Waals surface area contributed by atoms with Crippen molar-refractivity contribution in [1.29, 1.82) is 0 Å². The first kappa shape index (κ1) is 11.7. The van der Waals surface area contributed by atoms with E-state index >= 15 is 0 Å². The summed E-state index contributed by atoms with van der Waals surface area (Å²) < 4.78 is 10.4. The van der Waals surface area contributed by atoms with Gasteiger partial charge in [-0.05, 0) is 25.0 Å². The van der Waals surface area contributed by atoms with Crippen molar-refractivity contribution in [1.82, 2.24) is 0 Å². The molecule has 0 saturated carbocycles. The highest BCUT2D eigenvalue weighted by atomic mass is 16.5. The number of benzene rings is 1. The Balaban J connectivity index is 2.05. The van der Waals surface area contributed by atoms with E-state index in [2.05, 4.69) is 5.32 Å². The minimum Gasteiger partial charge on any atom is -0.495 e. The van der Waals surface area contributed by atoms with Gasteiger partial charge in [0.2, 0.25) is 0 Å². The number of carbonyl (C=O) groups excluding carboxylic acids is 1. The maximum atomic E-state index is 11.8. The van der Waals surface area contributed by atoms with Gasteiger partial charge in [-0.25, -0.2) is 0 Å². The zero-order valence-corrected chi connectivity index (χ0v) is 9.73. The number of nitrogens with one attached hydrogen (secondary N) is 1. The Labute approximate surface area is 99.9 Å². The van der Waals surface area contributed by atoms with Crippen molar-refractivity contribution in [3.05, 3.63) is 18.2 Å². The molecule has 0 aliphatic carbocycles. The van der Waals surface area contributed by atoms with Gasteiger partial charge in [0, 0.05) is 18.4 Å². The van der Waals surface area contributed by atoms with Gasteiger partial charge in [-0.2, -0.15) is 0 Å². The normalized spacial score (nSPS) is 19.0. The van der Waals surface area contributed by atoms with Gasteiger partial charge in [-0.15, -0.1) is 0 Å². The highest BCUT2D eigenvalue weighted by molar-refractivity contribution is 5.94. The topological polar surface area (TPSA) is 73.6 Å². The van der Waals surface area contributed by atoms with E-state index < -0.39 is 0 Å². The van der Waals surface area contributed by atoms with Crippen molar-refractivity contribution >= 4 is 17.3 Å². The summed E-state index contributed by atoms with van der Waals surface area (Å²) in [6, 6.07) is 5.14. The van der Waals surface area contributed by atoms with Gasteiger partial charge in [0.1, 0.15) is 11.9 Å². The van der Waals surface area contributed by atoms with Crippen LogP contribution in [0.5, 0.6) is 5.75 Å². The third kappa shape index (κ3) is 2.68. The van der Waals surface area contributed by atoms with Crippen molar-refractivity contribution in [3.63, 3.8) is 0 Å². The van der Waals surface area contributed by atoms with Crippen LogP contribution in [0.4, 0.5) is 11.4 Å². The molecule has 92 valence electrons. The number of ether oxygens (including phenoxy) is 2. The fraction of sp³-hybridized carbons (Fsp3) is 0.417. The number of hydrogen-bond donors (Lipinski definition) is 2. The molecule has 2 rings (SSSR count). The lowest BCUT2D eigenvalue weighted by molar-refractivity contribution is -0.124. The van der Waals surface area contributed by atoms with Crippen molar-refractivity contribution in [3.8, 4) is 5.75 Å². The molecule has 0 spiro atoms. The van der Waals surface area contributed by atoms with Crippen LogP contribution in [0, 0.1) is 0 Å². The molecule has 0 unspecified atom stereocenters. The SMILES string of the molecule is COc1cc(NC(=O)[C@@H]2CCCO2)ccc1N. The molecular formula is C12H16N2O3. The number of nitrogen functional groups attached to an aromatic ring is 1. The molecule has 17 heavy (non-hydrogen) atoms. The second-order valence-electron chi connectivity index (χ2n) is 3.95. The van der Waals surface area contributed by atoms with E-state index in [0.717, 1.165) is 12.8 Å². The molecule has 1 aliphatic rings. The van der Waals surface area contributed by atoms with E-state index in [4.69, 9.17) is 15.2 Å². The number of hydrogen-bond acceptors (Lipinski definition) is 4. The van der Waals surface area contributed by atoms with Crippen LogP contribution >= 0.6 is 0 Å². The van der Waals surface area contributed by atoms with Crippen molar-refractivity contribution in [2.45, 2.75) is 18.9 Å². The lowest BCUT2D eigenvalue weighted by Crippen LogP contribution is -2.26. The van der Waals surface area contributed by atoms with Gasteiger partial charge in [0.25, 0.3) is 5.91 Å². The summed E-state index contributed by atoms with van der Waals surface area (Å²) in [6.45, 7) is 0.656. The summed E-state index contributed by atoms with van der Waals surface area (Å²) in [4.78, 5) is 11.8. The summed E-state index contributed by atoms with van der Waals surface area (Å²) in [6.07, 6.45) is 1.37. The smallest absolute Gasteiger partial charge is 0.253 e. The minimum atomic E-state index is -0.335. The minimum absolute atomic E-state index is 0.116. The fourth-order valence-electron chi connectivity index (χ4n) is 1.80. The number of rotatable bonds is 3. The average Bonchev–Trinajstić information content (AvgIpc) is 2.85. The molecular weight excluding hydrogens is 220 g/mol. The van der Waals surface area contributed by atoms with Crippen molar-refractivity contribution < 1.29 is 14.3 Å². The van der Waals surface area contributed by atoms with E-state index in [1.165, 1.54) is 7.11 Å². The van der Waals surface area contributed by atoms with Crippen LogP contribution in [-0.4, -0.2) is 25.7 Å². The molecule has 1 aliphatic heterocycles. The Morgan fingerprint density at radius 1 is 1.59 bits per heavy atom. The number of amides is 1. The fourth-order valence-corrected chi connectivity index (χ4v) is 1.80. The standard InChI is InChI=1S/C12H16N2O3/c1-16-11-7-8(4-5-9(11)13)14-12(15)10-3-2-6-17-10/h4-5,7,10H,2-3,6,13H2,1H3,(H,14,15)/t10-/m0/s1. The molecule has 0 aromatic heterocycles. The third-order valence-electron chi connectivity index (χ3n) is 2.72. The third-order valence-corrected chi connectivity index (χ3v) is 2.72. The summed E-state index contributed by atoms with van der Waals surface area (Å²) in [7, 11) is 1.54. The maximum absolute atomic E-state index is 11.8. The van der Waals surface area contributed by atoms with Crippen LogP contribution in [0.1, 0.15) is 12.8 Å². The first-order valence-corrected chi connectivity index (χ1v) is 5.56. The van der Waals surface area contributed by atoms with Gasteiger partial charge in [-0.3, -0.25) is 4.79 Å². The Morgan fingerprint density at radius 3 is 3.06 bits per heavy atom. The second-order valence-corrected chi connectivity index (χ2v) is 3.95. The number of methoxy groups -OCH3 is 1. The summed E-state index contributed by atoms with van der Waals surface area (Å²) in [5.74, 6) is 0.435. The molecule has 1 fully saturated rings. The first-order chi connectivity index (χ1) is 8.20. The maximum Gasteiger partial charge on any atom is 0.253 e. The Bertz CT molecular complexity index is 414. The lowest BCUT2D eigenvalue weighted by atomic mass is 10.2. The van der Waals surface area contributed by atoms with Crippen LogP contribution in [-0.2, 0) is 9.53 Å². The van der Waals surface area contributed by atoms with E-state index in [0.29, 0.717) is 23.7 Å². The highest BCUT2D eigenvalue weighted by Gasteiger charge is 2.23. The van der Waals surface area contributed by atoms with Crippen molar-refractivity contribution in [2.75, 3.05) is 24.8 Å². The zero-order valence-electron chi connectivity index (χ0n) is 9.73. The van der Waals surface area contributed by atoms with Crippen LogP contribution in [0.15, 0.2) is 18.2 Å². The summed E-state index contributed by atoms with van der Waals surface area (Å²) in [5.41, 5.74) is 6.90. The molecule has 5 nitrogen and oxygen atoms in total. The van der Waals surface area contributed by atoms with Gasteiger partial charge >= 0.3 is 0 Å². The molecule has 1 heterocycles. The predicted molar refractivity (Wildman–Crippen MR) is 65.0 cm³/mol. The van der Waals surface area contributed by atoms with E-state index in [1.54, 1.807) is 18.2 Å². The Morgan fingerprint density at radius 2 is 2.41 bits per heavy atom. The van der Waals surface area contributed by atoms with E-state index in [9.17, 15) is 4.79 Å². The number of nitrogens with two attached hydrogens (primary N) is 1. The van der Waals surface area contributed by atoms with Gasteiger partial charge in [-0.1, -0.05) is 0 Å². The molecule has 0 radical (unpaired) electrons. The first-order valence-electron chi connectivity index (χ1n) is 5.56. The second kappa shape index (κ2) is 5.05. The molecule has 3 N–H and O–H groups in total. The quantitative estimate of drug-likeness (QED) is 0.778. The largest absolute Gasteiger partial charge is 0.495 e. The van der Waals surface area contributed by atoms with E-state index in [1.807, 2.05) is 0 Å². The molecule has 1 amide bonds. The number of anilines is 2. The summed E-state index contributed by atoms with van der Waals surface area (Å²) in [5, 5.41) is 2.79. The zero-order chi connectivity index (χ0) is 12.3. The van der Waals surface area contributed by atoms with Crippen molar-refractivity contribution in [2.24, 2.45) is 0 Å². The monoisotopic (exact) mass is 236 g/mol. The Hall–Kier alpha value is -1.75. The summed E-state index contributed by atoms with van der Waals surface area (Å²) >= 11 is 0.